The third kappa shape index (κ3) is 1.98. The Morgan fingerprint density at radius 2 is 2.31 bits per heavy atom. The monoisotopic (exact) mass is 236 g/mol. The maximum Gasteiger partial charge on any atom is 0.328 e. The zero-order valence-corrected chi connectivity index (χ0v) is 9.79. The van der Waals surface area contributed by atoms with E-state index in [9.17, 15) is 4.79 Å². The number of halogens is 1. The molecule has 84 valence electrons. The molecule has 16 heavy (non-hydrogen) atoms. The molecule has 1 aromatic carbocycles. The van der Waals surface area contributed by atoms with Crippen molar-refractivity contribution in [2.24, 2.45) is 5.92 Å². The number of benzene rings is 1. The Morgan fingerprint density at radius 3 is 3.00 bits per heavy atom. The first-order chi connectivity index (χ1) is 7.59. The largest absolute Gasteiger partial charge is 0.478 e. The fourth-order valence-electron chi connectivity index (χ4n) is 2.22. The number of fused-ring (bicyclic) bond motifs is 1. The summed E-state index contributed by atoms with van der Waals surface area (Å²) in [6.07, 6.45) is 3.18. The molecule has 2 nitrogen and oxygen atoms in total. The van der Waals surface area contributed by atoms with E-state index >= 15 is 0 Å². The van der Waals surface area contributed by atoms with Gasteiger partial charge in [0.05, 0.1) is 0 Å². The van der Waals surface area contributed by atoms with Crippen LogP contribution < -0.4 is 0 Å². The van der Waals surface area contributed by atoms with E-state index in [0.29, 0.717) is 0 Å². The van der Waals surface area contributed by atoms with Gasteiger partial charge in [-0.05, 0) is 41.5 Å². The van der Waals surface area contributed by atoms with Crippen LogP contribution in [0.1, 0.15) is 24.5 Å². The fraction of sp³-hybridized carbons (Fsp3) is 0.308. The Balaban J connectivity index is 2.57. The van der Waals surface area contributed by atoms with Gasteiger partial charge in [0, 0.05) is 11.1 Å². The van der Waals surface area contributed by atoms with Gasteiger partial charge in [0.15, 0.2) is 0 Å². The summed E-state index contributed by atoms with van der Waals surface area (Å²) in [5, 5.41) is 9.61. The average molecular weight is 237 g/mol. The van der Waals surface area contributed by atoms with Crippen molar-refractivity contribution in [1.82, 2.24) is 0 Å². The van der Waals surface area contributed by atoms with E-state index in [2.05, 4.69) is 6.92 Å². The zero-order valence-electron chi connectivity index (χ0n) is 9.03. The predicted octanol–water partition coefficient (Wildman–Crippen LogP) is 3.39. The summed E-state index contributed by atoms with van der Waals surface area (Å²) in [5.41, 5.74) is 2.96. The number of hydrogen-bond donors (Lipinski definition) is 1. The molecule has 0 aliphatic heterocycles. The van der Waals surface area contributed by atoms with Crippen LogP contribution in [0.5, 0.6) is 0 Å². The van der Waals surface area contributed by atoms with E-state index in [0.717, 1.165) is 34.6 Å². The summed E-state index contributed by atoms with van der Waals surface area (Å²) in [5.74, 6) is -0.614. The van der Waals surface area contributed by atoms with Gasteiger partial charge >= 0.3 is 5.97 Å². The highest BCUT2D eigenvalue weighted by atomic mass is 35.5. The molecule has 0 fully saturated rings. The van der Waals surface area contributed by atoms with Crippen molar-refractivity contribution in [3.63, 3.8) is 0 Å². The minimum absolute atomic E-state index is 0.280. The van der Waals surface area contributed by atoms with Gasteiger partial charge in [-0.3, -0.25) is 0 Å². The number of rotatable bonds is 1. The van der Waals surface area contributed by atoms with E-state index in [1.165, 1.54) is 6.08 Å². The van der Waals surface area contributed by atoms with Gasteiger partial charge in [0.1, 0.15) is 0 Å². The first-order valence-electron chi connectivity index (χ1n) is 5.32. The van der Waals surface area contributed by atoms with Gasteiger partial charge in [-0.25, -0.2) is 4.79 Å². The molecule has 1 aromatic rings. The highest BCUT2D eigenvalue weighted by molar-refractivity contribution is 6.31. The van der Waals surface area contributed by atoms with E-state index in [-0.39, 0.29) is 5.92 Å². The normalized spacial score (nSPS) is 21.9. The lowest BCUT2D eigenvalue weighted by molar-refractivity contribution is -0.131. The minimum atomic E-state index is -0.894. The lowest BCUT2D eigenvalue weighted by Gasteiger charge is -2.25. The highest BCUT2D eigenvalue weighted by Gasteiger charge is 2.22. The van der Waals surface area contributed by atoms with Crippen LogP contribution in [0.2, 0.25) is 5.02 Å². The average Bonchev–Trinajstić information content (AvgIpc) is 2.22. The molecule has 1 aliphatic rings. The Kier molecular flexibility index (Phi) is 3.01. The summed E-state index contributed by atoms with van der Waals surface area (Å²) in [4.78, 5) is 10.8. The molecule has 0 saturated heterocycles. The van der Waals surface area contributed by atoms with Gasteiger partial charge < -0.3 is 5.11 Å². The van der Waals surface area contributed by atoms with Crippen molar-refractivity contribution in [2.45, 2.75) is 19.8 Å². The molecule has 1 atom stereocenters. The number of allylic oxidation sites excluding steroid dienone is 1. The van der Waals surface area contributed by atoms with Crippen LogP contribution in [0.3, 0.4) is 0 Å². The van der Waals surface area contributed by atoms with Crippen LogP contribution in [0.4, 0.5) is 0 Å². The lowest BCUT2D eigenvalue weighted by atomic mass is 9.80. The van der Waals surface area contributed by atoms with Gasteiger partial charge in [0.2, 0.25) is 0 Å². The number of carbonyl (C=O) groups is 1. The molecule has 3 heteroatoms. The highest BCUT2D eigenvalue weighted by Crippen LogP contribution is 2.38. The van der Waals surface area contributed by atoms with Gasteiger partial charge in [0.25, 0.3) is 0 Å². The summed E-state index contributed by atoms with van der Waals surface area (Å²) in [7, 11) is 0. The Labute approximate surface area is 99.5 Å². The molecule has 1 unspecified atom stereocenters. The molecule has 0 bridgehead atoms. The van der Waals surface area contributed by atoms with E-state index in [4.69, 9.17) is 16.7 Å². The Bertz CT molecular complexity index is 463. The quantitative estimate of drug-likeness (QED) is 0.759. The lowest BCUT2D eigenvalue weighted by Crippen LogP contribution is -2.12. The zero-order chi connectivity index (χ0) is 11.7. The summed E-state index contributed by atoms with van der Waals surface area (Å²) in [6, 6.07) is 5.68. The number of carboxylic acids is 1. The fourth-order valence-corrected chi connectivity index (χ4v) is 2.49. The first-order valence-corrected chi connectivity index (χ1v) is 5.69. The summed E-state index contributed by atoms with van der Waals surface area (Å²) < 4.78 is 0. The summed E-state index contributed by atoms with van der Waals surface area (Å²) >= 11 is 6.12. The maximum absolute atomic E-state index is 10.8. The number of hydrogen-bond acceptors (Lipinski definition) is 1. The SMILES string of the molecule is CC1CCc2c(Cl)cccc2/C1=C/C(=O)O. The van der Waals surface area contributed by atoms with Crippen molar-refractivity contribution in [1.29, 1.82) is 0 Å². The molecule has 1 aliphatic carbocycles. The molecule has 2 rings (SSSR count). The van der Waals surface area contributed by atoms with Crippen LogP contribution in [-0.4, -0.2) is 11.1 Å². The summed E-state index contributed by atoms with van der Waals surface area (Å²) in [6.45, 7) is 2.05. The van der Waals surface area contributed by atoms with Crippen LogP contribution in [0.15, 0.2) is 24.3 Å². The van der Waals surface area contributed by atoms with E-state index in [1.807, 2.05) is 18.2 Å². The van der Waals surface area contributed by atoms with Crippen LogP contribution in [0.25, 0.3) is 5.57 Å². The molecular weight excluding hydrogens is 224 g/mol. The van der Waals surface area contributed by atoms with Crippen LogP contribution >= 0.6 is 11.6 Å². The molecule has 0 radical (unpaired) electrons. The second-order valence-corrected chi connectivity index (χ2v) is 4.55. The Hall–Kier alpha value is -1.28. The van der Waals surface area contributed by atoms with Crippen LogP contribution in [-0.2, 0) is 11.2 Å². The first kappa shape index (κ1) is 11.2. The second kappa shape index (κ2) is 4.30. The number of carboxylic acid groups (broad SMARTS) is 1. The Morgan fingerprint density at radius 1 is 1.56 bits per heavy atom. The van der Waals surface area contributed by atoms with E-state index < -0.39 is 5.97 Å². The molecular formula is C13H13ClO2. The van der Waals surface area contributed by atoms with E-state index in [1.54, 1.807) is 0 Å². The van der Waals surface area contributed by atoms with Crippen molar-refractivity contribution in [3.8, 4) is 0 Å². The smallest absolute Gasteiger partial charge is 0.328 e. The molecule has 0 saturated carbocycles. The van der Waals surface area contributed by atoms with Crippen molar-refractivity contribution < 1.29 is 9.90 Å². The van der Waals surface area contributed by atoms with Crippen molar-refractivity contribution >= 4 is 23.1 Å². The molecule has 0 aromatic heterocycles. The standard InChI is InChI=1S/C13H13ClO2/c1-8-5-6-10-9(3-2-4-12(10)14)11(8)7-13(15)16/h2-4,7-8H,5-6H2,1H3,(H,15,16)/b11-7+. The molecule has 0 amide bonds. The number of aliphatic carboxylic acids is 1. The second-order valence-electron chi connectivity index (χ2n) is 4.14. The van der Waals surface area contributed by atoms with Crippen molar-refractivity contribution in [3.05, 3.63) is 40.4 Å². The molecule has 0 heterocycles. The third-order valence-electron chi connectivity index (χ3n) is 3.07. The molecule has 1 N–H and O–H groups in total. The van der Waals surface area contributed by atoms with Gasteiger partial charge in [-0.2, -0.15) is 0 Å². The molecule has 0 spiro atoms. The van der Waals surface area contributed by atoms with Crippen LogP contribution in [0, 0.1) is 5.92 Å². The predicted molar refractivity (Wildman–Crippen MR) is 64.5 cm³/mol. The third-order valence-corrected chi connectivity index (χ3v) is 3.42. The van der Waals surface area contributed by atoms with Crippen molar-refractivity contribution in [2.75, 3.05) is 0 Å². The topological polar surface area (TPSA) is 37.3 Å². The van der Waals surface area contributed by atoms with Gasteiger partial charge in [-0.1, -0.05) is 30.7 Å². The van der Waals surface area contributed by atoms with Gasteiger partial charge in [-0.15, -0.1) is 0 Å². The minimum Gasteiger partial charge on any atom is -0.478 e. The maximum atomic E-state index is 10.8.